The number of Topliss-reactive ketones (excluding diaryl/α,β-unsaturated/α-hetero) is 1. The lowest BCUT2D eigenvalue weighted by atomic mass is 9.76. The molecule has 1 heterocycles. The van der Waals surface area contributed by atoms with Crippen molar-refractivity contribution in [3.05, 3.63) is 53.9 Å². The summed E-state index contributed by atoms with van der Waals surface area (Å²) in [4.78, 5) is 56.3. The summed E-state index contributed by atoms with van der Waals surface area (Å²) in [6.07, 6.45) is 4.49. The summed E-state index contributed by atoms with van der Waals surface area (Å²) < 4.78 is 17.8. The molecule has 3 aliphatic rings. The molecule has 4 rings (SSSR count). The average Bonchev–Trinajstić information content (AvgIpc) is 3.24. The van der Waals surface area contributed by atoms with E-state index in [2.05, 4.69) is 25.4 Å². The molecule has 7 atom stereocenters. The van der Waals surface area contributed by atoms with E-state index in [1.807, 2.05) is 13.0 Å². The fraction of sp³-hybridized carbons (Fsp3) is 0.567. The van der Waals surface area contributed by atoms with Gasteiger partial charge in [-0.3, -0.25) is 19.4 Å². The third-order valence-corrected chi connectivity index (χ3v) is 8.65. The van der Waals surface area contributed by atoms with Crippen molar-refractivity contribution in [3.63, 3.8) is 0 Å². The molecule has 1 aromatic rings. The normalized spacial score (nSPS) is 35.5. The van der Waals surface area contributed by atoms with Crippen LogP contribution in [0.2, 0.25) is 0 Å². The van der Waals surface area contributed by atoms with Crippen LogP contribution in [0.25, 0.3) is 0 Å². The van der Waals surface area contributed by atoms with Crippen LogP contribution >= 0.6 is 0 Å². The highest BCUT2D eigenvalue weighted by Crippen LogP contribution is 2.62. The molecule has 0 saturated heterocycles. The molecule has 38 heavy (non-hydrogen) atoms. The maximum absolute atomic E-state index is 14.3. The standard InChI is InChI=1S/C30H37NO7/c1-16-10-11-22-23(29(22,6)7)13-17(2)27(34)30(38-20(5)33)14-18(3)26(24(30)25(16)36-19(4)32)37-28(35)21-9-8-12-31-15-21/h8-9,12-13,15,18,22-26H,1,10-11,14H2,2-7H3/b17-13+/t18-,22-,23+,24-,25-,26-,30+/m0/s1. The van der Waals surface area contributed by atoms with Gasteiger partial charge in [-0.05, 0) is 66.2 Å². The number of hydrogen-bond acceptors (Lipinski definition) is 8. The first-order chi connectivity index (χ1) is 17.8. The Bertz CT molecular complexity index is 1190. The van der Waals surface area contributed by atoms with E-state index in [9.17, 15) is 19.2 Å². The van der Waals surface area contributed by atoms with Gasteiger partial charge < -0.3 is 14.2 Å². The van der Waals surface area contributed by atoms with Crippen LogP contribution in [-0.2, 0) is 28.6 Å². The molecule has 0 bridgehead atoms. The number of esters is 3. The number of allylic oxidation sites excluding steroid dienone is 1. The number of carbonyl (C=O) groups is 4. The van der Waals surface area contributed by atoms with Crippen molar-refractivity contribution in [3.8, 4) is 0 Å². The maximum Gasteiger partial charge on any atom is 0.339 e. The van der Waals surface area contributed by atoms with Crippen LogP contribution in [-0.4, -0.2) is 46.5 Å². The fourth-order valence-corrected chi connectivity index (χ4v) is 6.71. The molecule has 0 unspecified atom stereocenters. The van der Waals surface area contributed by atoms with Gasteiger partial charge >= 0.3 is 17.9 Å². The van der Waals surface area contributed by atoms with Gasteiger partial charge in [0.15, 0.2) is 5.60 Å². The Morgan fingerprint density at radius 2 is 1.84 bits per heavy atom. The molecule has 2 saturated carbocycles. The Balaban J connectivity index is 1.87. The Labute approximate surface area is 223 Å². The second kappa shape index (κ2) is 10.1. The molecule has 0 amide bonds. The second-order valence-corrected chi connectivity index (χ2v) is 11.7. The van der Waals surface area contributed by atoms with E-state index in [4.69, 9.17) is 14.2 Å². The van der Waals surface area contributed by atoms with Crippen molar-refractivity contribution in [1.29, 1.82) is 0 Å². The van der Waals surface area contributed by atoms with E-state index in [1.54, 1.807) is 25.3 Å². The lowest BCUT2D eigenvalue weighted by Gasteiger charge is -2.39. The minimum Gasteiger partial charge on any atom is -0.458 e. The van der Waals surface area contributed by atoms with Crippen LogP contribution < -0.4 is 0 Å². The molecular weight excluding hydrogens is 486 g/mol. The zero-order chi connectivity index (χ0) is 28.0. The zero-order valence-corrected chi connectivity index (χ0v) is 23.0. The van der Waals surface area contributed by atoms with E-state index in [-0.39, 0.29) is 29.1 Å². The van der Waals surface area contributed by atoms with Gasteiger partial charge in [0.05, 0.1) is 11.5 Å². The number of nitrogens with zero attached hydrogens (tertiary/aromatic N) is 1. The minimum absolute atomic E-state index is 0.0106. The van der Waals surface area contributed by atoms with Crippen molar-refractivity contribution in [2.45, 2.75) is 78.6 Å². The summed E-state index contributed by atoms with van der Waals surface area (Å²) in [6.45, 7) is 14.7. The highest BCUT2D eigenvalue weighted by Gasteiger charge is 2.65. The van der Waals surface area contributed by atoms with Gasteiger partial charge in [-0.2, -0.15) is 0 Å². The molecule has 0 aliphatic heterocycles. The van der Waals surface area contributed by atoms with Crippen LogP contribution in [0.4, 0.5) is 0 Å². The number of fused-ring (bicyclic) bond motifs is 2. The summed E-state index contributed by atoms with van der Waals surface area (Å²) in [5.74, 6) is -3.04. The van der Waals surface area contributed by atoms with Crippen LogP contribution in [0, 0.1) is 29.1 Å². The number of ether oxygens (including phenoxy) is 3. The second-order valence-electron chi connectivity index (χ2n) is 11.7. The summed E-state index contributed by atoms with van der Waals surface area (Å²) >= 11 is 0. The number of hydrogen-bond donors (Lipinski definition) is 0. The summed E-state index contributed by atoms with van der Waals surface area (Å²) in [5, 5.41) is 0. The average molecular weight is 524 g/mol. The monoisotopic (exact) mass is 523 g/mol. The molecule has 3 aliphatic carbocycles. The number of ketones is 1. The lowest BCUT2D eigenvalue weighted by Crippen LogP contribution is -2.55. The Kier molecular flexibility index (Phi) is 7.38. The molecule has 0 radical (unpaired) electrons. The van der Waals surface area contributed by atoms with E-state index in [1.165, 1.54) is 20.0 Å². The predicted octanol–water partition coefficient (Wildman–Crippen LogP) is 4.63. The summed E-state index contributed by atoms with van der Waals surface area (Å²) in [7, 11) is 0. The Morgan fingerprint density at radius 3 is 2.45 bits per heavy atom. The molecular formula is C30H37NO7. The number of rotatable bonds is 4. The third kappa shape index (κ3) is 4.93. The highest BCUT2D eigenvalue weighted by molar-refractivity contribution is 6.03. The zero-order valence-electron chi connectivity index (χ0n) is 23.0. The maximum atomic E-state index is 14.3. The van der Waals surface area contributed by atoms with Crippen molar-refractivity contribution in [1.82, 2.24) is 4.98 Å². The Morgan fingerprint density at radius 1 is 1.13 bits per heavy atom. The SMILES string of the molecule is C=C1CC[C@H]2[C@@H](/C=C(\C)C(=O)[C@@]3(OC(C)=O)C[C@H](C)[C@H](OC(=O)c4cccnc4)[C@@H]3[C@H]1OC(C)=O)C2(C)C. The van der Waals surface area contributed by atoms with Crippen LogP contribution in [0.5, 0.6) is 0 Å². The number of carbonyl (C=O) groups excluding carboxylic acids is 4. The van der Waals surface area contributed by atoms with Gasteiger partial charge in [0.25, 0.3) is 0 Å². The van der Waals surface area contributed by atoms with Crippen LogP contribution in [0.1, 0.15) is 71.2 Å². The van der Waals surface area contributed by atoms with Crippen molar-refractivity contribution in [2.24, 2.45) is 29.1 Å². The smallest absolute Gasteiger partial charge is 0.339 e. The fourth-order valence-electron chi connectivity index (χ4n) is 6.71. The first kappa shape index (κ1) is 27.7. The van der Waals surface area contributed by atoms with Crippen molar-refractivity contribution >= 4 is 23.7 Å². The topological polar surface area (TPSA) is 109 Å². The molecule has 8 nitrogen and oxygen atoms in total. The lowest BCUT2D eigenvalue weighted by molar-refractivity contribution is -0.179. The summed E-state index contributed by atoms with van der Waals surface area (Å²) in [5.41, 5.74) is -0.358. The molecule has 0 N–H and O–H groups in total. The minimum atomic E-state index is -1.70. The first-order valence-electron chi connectivity index (χ1n) is 13.2. The number of pyridine rings is 1. The molecule has 0 aromatic carbocycles. The van der Waals surface area contributed by atoms with Gasteiger partial charge in [-0.1, -0.05) is 33.4 Å². The third-order valence-electron chi connectivity index (χ3n) is 8.65. The predicted molar refractivity (Wildman–Crippen MR) is 139 cm³/mol. The van der Waals surface area contributed by atoms with Crippen LogP contribution in [0.15, 0.2) is 48.3 Å². The highest BCUT2D eigenvalue weighted by atomic mass is 16.6. The van der Waals surface area contributed by atoms with E-state index in [0.29, 0.717) is 23.5 Å². The molecule has 1 aromatic heterocycles. The van der Waals surface area contributed by atoms with Gasteiger partial charge in [-0.25, -0.2) is 4.79 Å². The molecule has 0 spiro atoms. The van der Waals surface area contributed by atoms with Crippen molar-refractivity contribution in [2.75, 3.05) is 0 Å². The summed E-state index contributed by atoms with van der Waals surface area (Å²) in [6, 6.07) is 3.21. The van der Waals surface area contributed by atoms with E-state index >= 15 is 0 Å². The molecule has 204 valence electrons. The van der Waals surface area contributed by atoms with Gasteiger partial charge in [0.2, 0.25) is 5.78 Å². The van der Waals surface area contributed by atoms with Crippen molar-refractivity contribution < 1.29 is 33.4 Å². The van der Waals surface area contributed by atoms with E-state index < -0.39 is 47.6 Å². The molecule has 2 fully saturated rings. The largest absolute Gasteiger partial charge is 0.458 e. The van der Waals surface area contributed by atoms with Crippen LogP contribution in [0.3, 0.4) is 0 Å². The van der Waals surface area contributed by atoms with Gasteiger partial charge in [0, 0.05) is 32.7 Å². The quantitative estimate of drug-likeness (QED) is 0.319. The molecule has 8 heteroatoms. The number of aromatic nitrogens is 1. The Hall–Kier alpha value is -3.29. The van der Waals surface area contributed by atoms with E-state index in [0.717, 1.165) is 6.42 Å². The first-order valence-corrected chi connectivity index (χ1v) is 13.2. The van der Waals surface area contributed by atoms with Gasteiger partial charge in [0.1, 0.15) is 12.2 Å². The van der Waals surface area contributed by atoms with Gasteiger partial charge in [-0.15, -0.1) is 0 Å².